The third-order valence-corrected chi connectivity index (χ3v) is 2.60. The number of nitrogens with zero attached hydrogens (tertiary/aromatic N) is 1. The summed E-state index contributed by atoms with van der Waals surface area (Å²) in [6.07, 6.45) is 0. The van der Waals surface area contributed by atoms with Gasteiger partial charge in [-0.2, -0.15) is 0 Å². The third-order valence-electron chi connectivity index (χ3n) is 2.60. The SMILES string of the molecule is CCOC(=O)C(=Nc1ccccc1F)c1ccccc1. The van der Waals surface area contributed by atoms with Crippen LogP contribution in [-0.2, 0) is 9.53 Å². The maximum atomic E-state index is 13.7. The predicted octanol–water partition coefficient (Wildman–Crippen LogP) is 3.51. The van der Waals surface area contributed by atoms with Crippen molar-refractivity contribution in [1.29, 1.82) is 0 Å². The summed E-state index contributed by atoms with van der Waals surface area (Å²) in [5, 5.41) is 0. The van der Waals surface area contributed by atoms with Crippen molar-refractivity contribution in [3.8, 4) is 0 Å². The Balaban J connectivity index is 2.47. The average molecular weight is 271 g/mol. The highest BCUT2D eigenvalue weighted by Crippen LogP contribution is 2.18. The smallest absolute Gasteiger partial charge is 0.357 e. The van der Waals surface area contributed by atoms with E-state index in [2.05, 4.69) is 4.99 Å². The van der Waals surface area contributed by atoms with Gasteiger partial charge in [0.05, 0.1) is 12.3 Å². The molecule has 0 unspecified atom stereocenters. The molecule has 0 amide bonds. The molecule has 102 valence electrons. The molecule has 2 aromatic carbocycles. The van der Waals surface area contributed by atoms with Gasteiger partial charge in [0.25, 0.3) is 0 Å². The van der Waals surface area contributed by atoms with Crippen molar-refractivity contribution < 1.29 is 13.9 Å². The van der Waals surface area contributed by atoms with Crippen LogP contribution in [0.25, 0.3) is 0 Å². The molecule has 0 aliphatic heterocycles. The van der Waals surface area contributed by atoms with Gasteiger partial charge in [-0.1, -0.05) is 42.5 Å². The second-order valence-electron chi connectivity index (χ2n) is 4.00. The lowest BCUT2D eigenvalue weighted by atomic mass is 10.1. The Morgan fingerprint density at radius 1 is 1.10 bits per heavy atom. The van der Waals surface area contributed by atoms with Crippen molar-refractivity contribution in [2.45, 2.75) is 6.92 Å². The summed E-state index contributed by atoms with van der Waals surface area (Å²) < 4.78 is 18.6. The van der Waals surface area contributed by atoms with Crippen molar-refractivity contribution in [2.75, 3.05) is 6.61 Å². The van der Waals surface area contributed by atoms with E-state index in [0.29, 0.717) is 5.56 Å². The Labute approximate surface area is 116 Å². The molecule has 0 aliphatic rings. The van der Waals surface area contributed by atoms with E-state index in [-0.39, 0.29) is 18.0 Å². The molecule has 0 heterocycles. The van der Waals surface area contributed by atoms with E-state index in [1.165, 1.54) is 12.1 Å². The topological polar surface area (TPSA) is 38.7 Å². The summed E-state index contributed by atoms with van der Waals surface area (Å²) in [5.41, 5.74) is 0.797. The fraction of sp³-hybridized carbons (Fsp3) is 0.125. The number of carbonyl (C=O) groups excluding carboxylic acids is 1. The lowest BCUT2D eigenvalue weighted by Crippen LogP contribution is -2.18. The molecular formula is C16H14FNO2. The zero-order valence-corrected chi connectivity index (χ0v) is 11.0. The lowest BCUT2D eigenvalue weighted by molar-refractivity contribution is -0.134. The molecule has 4 heteroatoms. The molecule has 20 heavy (non-hydrogen) atoms. The summed E-state index contributed by atoms with van der Waals surface area (Å²) in [7, 11) is 0. The van der Waals surface area contributed by atoms with E-state index < -0.39 is 11.8 Å². The van der Waals surface area contributed by atoms with Crippen LogP contribution in [0.15, 0.2) is 59.6 Å². The van der Waals surface area contributed by atoms with Crippen molar-refractivity contribution in [3.05, 3.63) is 66.0 Å². The first-order chi connectivity index (χ1) is 9.72. The summed E-state index contributed by atoms with van der Waals surface area (Å²) in [6, 6.07) is 14.9. The van der Waals surface area contributed by atoms with Gasteiger partial charge in [0.15, 0.2) is 5.71 Å². The quantitative estimate of drug-likeness (QED) is 0.630. The number of para-hydroxylation sites is 1. The summed E-state index contributed by atoms with van der Waals surface area (Å²) in [4.78, 5) is 16.1. The molecule has 0 atom stereocenters. The lowest BCUT2D eigenvalue weighted by Gasteiger charge is -2.06. The molecular weight excluding hydrogens is 257 g/mol. The number of hydrogen-bond donors (Lipinski definition) is 0. The van der Waals surface area contributed by atoms with Gasteiger partial charge in [0.1, 0.15) is 5.82 Å². The normalized spacial score (nSPS) is 11.2. The van der Waals surface area contributed by atoms with Crippen LogP contribution in [0.3, 0.4) is 0 Å². The number of carbonyl (C=O) groups is 1. The summed E-state index contributed by atoms with van der Waals surface area (Å²) in [6.45, 7) is 1.95. The number of halogens is 1. The summed E-state index contributed by atoms with van der Waals surface area (Å²) >= 11 is 0. The molecule has 0 aliphatic carbocycles. The van der Waals surface area contributed by atoms with E-state index in [9.17, 15) is 9.18 Å². The largest absolute Gasteiger partial charge is 0.461 e. The number of aliphatic imine (C=N–C) groups is 1. The van der Waals surface area contributed by atoms with Gasteiger partial charge in [0, 0.05) is 5.56 Å². The fourth-order valence-corrected chi connectivity index (χ4v) is 1.69. The van der Waals surface area contributed by atoms with E-state index in [4.69, 9.17) is 4.74 Å². The van der Waals surface area contributed by atoms with Crippen molar-refractivity contribution in [2.24, 2.45) is 4.99 Å². The van der Waals surface area contributed by atoms with Gasteiger partial charge in [-0.25, -0.2) is 14.2 Å². The molecule has 2 rings (SSSR count). The van der Waals surface area contributed by atoms with Crippen molar-refractivity contribution in [3.63, 3.8) is 0 Å². The first-order valence-corrected chi connectivity index (χ1v) is 6.28. The van der Waals surface area contributed by atoms with Crippen LogP contribution in [0, 0.1) is 5.82 Å². The Hall–Kier alpha value is -2.49. The average Bonchev–Trinajstić information content (AvgIpc) is 2.47. The van der Waals surface area contributed by atoms with Crippen LogP contribution >= 0.6 is 0 Å². The van der Waals surface area contributed by atoms with Gasteiger partial charge in [-0.05, 0) is 19.1 Å². The van der Waals surface area contributed by atoms with Gasteiger partial charge in [-0.15, -0.1) is 0 Å². The second-order valence-corrected chi connectivity index (χ2v) is 4.00. The van der Waals surface area contributed by atoms with Gasteiger partial charge < -0.3 is 4.74 Å². The van der Waals surface area contributed by atoms with Crippen LogP contribution in [0.4, 0.5) is 10.1 Å². The van der Waals surface area contributed by atoms with E-state index in [1.54, 1.807) is 43.3 Å². The van der Waals surface area contributed by atoms with Crippen LogP contribution in [0.2, 0.25) is 0 Å². The maximum Gasteiger partial charge on any atom is 0.357 e. The van der Waals surface area contributed by atoms with Crippen LogP contribution < -0.4 is 0 Å². The number of benzene rings is 2. The molecule has 2 aromatic rings. The highest BCUT2D eigenvalue weighted by Gasteiger charge is 2.16. The molecule has 0 radical (unpaired) electrons. The Bertz CT molecular complexity index is 623. The number of ether oxygens (including phenoxy) is 1. The fourth-order valence-electron chi connectivity index (χ4n) is 1.69. The Morgan fingerprint density at radius 2 is 1.75 bits per heavy atom. The third kappa shape index (κ3) is 3.29. The minimum absolute atomic E-state index is 0.0950. The van der Waals surface area contributed by atoms with Crippen molar-refractivity contribution >= 4 is 17.4 Å². The zero-order chi connectivity index (χ0) is 14.4. The molecule has 0 N–H and O–H groups in total. The highest BCUT2D eigenvalue weighted by molar-refractivity contribution is 6.43. The second kappa shape index (κ2) is 6.61. The van der Waals surface area contributed by atoms with Gasteiger partial charge in [0.2, 0.25) is 0 Å². The molecule has 0 aromatic heterocycles. The molecule has 0 bridgehead atoms. The van der Waals surface area contributed by atoms with Crippen LogP contribution in [0.5, 0.6) is 0 Å². The highest BCUT2D eigenvalue weighted by atomic mass is 19.1. The zero-order valence-electron chi connectivity index (χ0n) is 11.0. The number of hydrogen-bond acceptors (Lipinski definition) is 3. The number of esters is 1. The predicted molar refractivity (Wildman–Crippen MR) is 75.7 cm³/mol. The molecule has 3 nitrogen and oxygen atoms in total. The number of rotatable bonds is 4. The molecule has 0 spiro atoms. The summed E-state index contributed by atoms with van der Waals surface area (Å²) in [5.74, 6) is -1.05. The Kier molecular flexibility index (Phi) is 4.60. The van der Waals surface area contributed by atoms with Crippen LogP contribution in [0.1, 0.15) is 12.5 Å². The molecule has 0 saturated heterocycles. The molecule has 0 fully saturated rings. The van der Waals surface area contributed by atoms with E-state index in [0.717, 1.165) is 0 Å². The monoisotopic (exact) mass is 271 g/mol. The van der Waals surface area contributed by atoms with Crippen molar-refractivity contribution in [1.82, 2.24) is 0 Å². The van der Waals surface area contributed by atoms with E-state index in [1.807, 2.05) is 6.07 Å². The first kappa shape index (κ1) is 13.9. The van der Waals surface area contributed by atoms with Gasteiger partial charge >= 0.3 is 5.97 Å². The maximum absolute atomic E-state index is 13.7. The standard InChI is InChI=1S/C16H14FNO2/c1-2-20-16(19)15(12-8-4-3-5-9-12)18-14-11-7-6-10-13(14)17/h3-11H,2H2,1H3. The minimum atomic E-state index is -0.568. The van der Waals surface area contributed by atoms with Gasteiger partial charge in [-0.3, -0.25) is 0 Å². The molecule has 0 saturated carbocycles. The minimum Gasteiger partial charge on any atom is -0.461 e. The van der Waals surface area contributed by atoms with Crippen LogP contribution in [-0.4, -0.2) is 18.3 Å². The first-order valence-electron chi connectivity index (χ1n) is 6.28. The Morgan fingerprint density at radius 3 is 2.40 bits per heavy atom. The van der Waals surface area contributed by atoms with E-state index >= 15 is 0 Å².